The Morgan fingerprint density at radius 2 is 1.91 bits per heavy atom. The maximum Gasteiger partial charge on any atom is 0.417 e. The van der Waals surface area contributed by atoms with Gasteiger partial charge in [-0.1, -0.05) is 11.6 Å². The van der Waals surface area contributed by atoms with Gasteiger partial charge in [-0.05, 0) is 30.3 Å². The Balaban J connectivity index is 1.33. The van der Waals surface area contributed by atoms with E-state index in [1.54, 1.807) is 18.2 Å². The van der Waals surface area contributed by atoms with Gasteiger partial charge in [0.15, 0.2) is 0 Å². The van der Waals surface area contributed by atoms with Crippen LogP contribution in [-0.2, 0) is 11.0 Å². The van der Waals surface area contributed by atoms with Crippen molar-refractivity contribution in [2.75, 3.05) is 42.9 Å². The van der Waals surface area contributed by atoms with Crippen molar-refractivity contribution in [2.45, 2.75) is 6.18 Å². The molecule has 0 saturated carbocycles. The summed E-state index contributed by atoms with van der Waals surface area (Å²) in [4.78, 5) is 24.3. The molecule has 3 heterocycles. The Kier molecular flexibility index (Phi) is 6.28. The lowest BCUT2D eigenvalue weighted by Gasteiger charge is -2.35. The third-order valence-corrected chi connectivity index (χ3v) is 5.27. The highest BCUT2D eigenvalue weighted by atomic mass is 35.5. The van der Waals surface area contributed by atoms with Gasteiger partial charge in [0.25, 0.3) is 0 Å². The van der Waals surface area contributed by atoms with Gasteiger partial charge in [-0.3, -0.25) is 9.69 Å². The van der Waals surface area contributed by atoms with Crippen molar-refractivity contribution in [3.05, 3.63) is 59.8 Å². The molecule has 2 aromatic heterocycles. The summed E-state index contributed by atoms with van der Waals surface area (Å²) in [5, 5.41) is 7.42. The molecule has 1 saturated heterocycles. The second kappa shape index (κ2) is 9.13. The number of carbonyl (C=O) groups is 1. The Morgan fingerprint density at radius 1 is 1.12 bits per heavy atom. The third-order valence-electron chi connectivity index (χ3n) is 5.04. The predicted molar refractivity (Wildman–Crippen MR) is 113 cm³/mol. The van der Waals surface area contributed by atoms with Gasteiger partial charge in [-0.25, -0.2) is 14.6 Å². The first-order valence-electron chi connectivity index (χ1n) is 9.74. The molecule has 168 valence electrons. The normalized spacial score (nSPS) is 15.1. The third kappa shape index (κ3) is 5.17. The van der Waals surface area contributed by atoms with Gasteiger partial charge in [-0.2, -0.15) is 18.3 Å². The van der Waals surface area contributed by atoms with Crippen LogP contribution in [0.5, 0.6) is 0 Å². The Morgan fingerprint density at radius 3 is 2.53 bits per heavy atom. The number of anilines is 2. The molecule has 1 aromatic carbocycles. The number of hydrogen-bond acceptors (Lipinski definition) is 6. The summed E-state index contributed by atoms with van der Waals surface area (Å²) in [6.45, 7) is 2.40. The number of piperazine rings is 1. The monoisotopic (exact) mass is 465 g/mol. The molecule has 3 aromatic rings. The minimum absolute atomic E-state index is 0.164. The molecule has 1 aliphatic heterocycles. The van der Waals surface area contributed by atoms with Gasteiger partial charge in [-0.15, -0.1) is 0 Å². The standard InChI is InChI=1S/C20H19ClF3N7O/c21-15-2-3-17(31-13-25-12-27-31)16(9-15)28-19(32)11-29-5-7-30(8-6-29)18-4-1-14(10-26-18)20(22,23)24/h1-4,9-10,12-13H,5-8,11H2,(H,28,32). The lowest BCUT2D eigenvalue weighted by molar-refractivity contribution is -0.137. The Bertz CT molecular complexity index is 1070. The molecule has 1 aliphatic rings. The smallest absolute Gasteiger partial charge is 0.354 e. The molecule has 0 aliphatic carbocycles. The van der Waals surface area contributed by atoms with E-state index in [1.165, 1.54) is 23.4 Å². The van der Waals surface area contributed by atoms with Gasteiger partial charge in [0.1, 0.15) is 18.5 Å². The van der Waals surface area contributed by atoms with Crippen LogP contribution in [0.15, 0.2) is 49.2 Å². The molecule has 0 atom stereocenters. The molecule has 0 radical (unpaired) electrons. The summed E-state index contributed by atoms with van der Waals surface area (Å²) < 4.78 is 39.6. The average molecular weight is 466 g/mol. The fourth-order valence-electron chi connectivity index (χ4n) is 3.41. The highest BCUT2D eigenvalue weighted by molar-refractivity contribution is 6.31. The summed E-state index contributed by atoms with van der Waals surface area (Å²) in [6, 6.07) is 7.48. The first-order valence-corrected chi connectivity index (χ1v) is 10.1. The highest BCUT2D eigenvalue weighted by Gasteiger charge is 2.31. The van der Waals surface area contributed by atoms with E-state index in [2.05, 4.69) is 20.4 Å². The first kappa shape index (κ1) is 22.0. The zero-order valence-corrected chi connectivity index (χ0v) is 17.5. The van der Waals surface area contributed by atoms with Crippen molar-refractivity contribution < 1.29 is 18.0 Å². The number of rotatable bonds is 5. The molecule has 8 nitrogen and oxygen atoms in total. The van der Waals surface area contributed by atoms with Gasteiger partial charge >= 0.3 is 6.18 Å². The van der Waals surface area contributed by atoms with Crippen LogP contribution >= 0.6 is 11.6 Å². The number of nitrogens with zero attached hydrogens (tertiary/aromatic N) is 6. The molecule has 0 spiro atoms. The van der Waals surface area contributed by atoms with Crippen LogP contribution in [0.25, 0.3) is 5.69 Å². The van der Waals surface area contributed by atoms with Crippen LogP contribution < -0.4 is 10.2 Å². The number of hydrogen-bond donors (Lipinski definition) is 1. The van der Waals surface area contributed by atoms with Crippen molar-refractivity contribution in [1.82, 2.24) is 24.6 Å². The Hall–Kier alpha value is -3.18. The molecule has 4 rings (SSSR count). The minimum atomic E-state index is -4.41. The lowest BCUT2D eigenvalue weighted by Crippen LogP contribution is -2.49. The van der Waals surface area contributed by atoms with Crippen LogP contribution in [0.3, 0.4) is 0 Å². The number of alkyl halides is 3. The molecular formula is C20H19ClF3N7O. The van der Waals surface area contributed by atoms with Crippen molar-refractivity contribution in [3.8, 4) is 5.69 Å². The van der Waals surface area contributed by atoms with Gasteiger partial charge < -0.3 is 10.2 Å². The fraction of sp³-hybridized carbons (Fsp3) is 0.300. The molecule has 32 heavy (non-hydrogen) atoms. The van der Waals surface area contributed by atoms with Gasteiger partial charge in [0.05, 0.1) is 23.5 Å². The van der Waals surface area contributed by atoms with Crippen LogP contribution in [-0.4, -0.2) is 63.3 Å². The average Bonchev–Trinajstić information content (AvgIpc) is 3.28. The van der Waals surface area contributed by atoms with E-state index < -0.39 is 11.7 Å². The molecule has 0 unspecified atom stereocenters. The maximum absolute atomic E-state index is 12.7. The van der Waals surface area contributed by atoms with Gasteiger partial charge in [0.2, 0.25) is 5.91 Å². The summed E-state index contributed by atoms with van der Waals surface area (Å²) >= 11 is 6.08. The molecule has 1 fully saturated rings. The number of halogens is 4. The SMILES string of the molecule is O=C(CN1CCN(c2ccc(C(F)(F)F)cn2)CC1)Nc1cc(Cl)ccc1-n1cncn1. The van der Waals surface area contributed by atoms with E-state index >= 15 is 0 Å². The number of aromatic nitrogens is 4. The van der Waals surface area contributed by atoms with E-state index in [9.17, 15) is 18.0 Å². The van der Waals surface area contributed by atoms with Crippen LogP contribution in [0.4, 0.5) is 24.7 Å². The van der Waals surface area contributed by atoms with Crippen molar-refractivity contribution in [3.63, 3.8) is 0 Å². The van der Waals surface area contributed by atoms with Crippen molar-refractivity contribution in [1.29, 1.82) is 0 Å². The molecule has 0 bridgehead atoms. The fourth-order valence-corrected chi connectivity index (χ4v) is 3.58. The molecule has 1 amide bonds. The number of benzene rings is 1. The summed E-state index contributed by atoms with van der Waals surface area (Å²) in [5.41, 5.74) is 0.377. The Labute approximate surface area is 186 Å². The zero-order chi connectivity index (χ0) is 22.7. The van der Waals surface area contributed by atoms with E-state index in [0.29, 0.717) is 48.4 Å². The number of pyridine rings is 1. The van der Waals surface area contributed by atoms with Crippen LogP contribution in [0, 0.1) is 0 Å². The van der Waals surface area contributed by atoms with E-state index in [1.807, 2.05) is 9.80 Å². The topological polar surface area (TPSA) is 79.2 Å². The number of nitrogens with one attached hydrogen (secondary N) is 1. The first-order chi connectivity index (χ1) is 15.3. The second-order valence-electron chi connectivity index (χ2n) is 7.22. The summed E-state index contributed by atoms with van der Waals surface area (Å²) in [7, 11) is 0. The molecular weight excluding hydrogens is 447 g/mol. The minimum Gasteiger partial charge on any atom is -0.354 e. The number of amides is 1. The van der Waals surface area contributed by atoms with Gasteiger partial charge in [0, 0.05) is 37.4 Å². The maximum atomic E-state index is 12.7. The van der Waals surface area contributed by atoms with Crippen molar-refractivity contribution in [2.24, 2.45) is 0 Å². The van der Waals surface area contributed by atoms with Crippen LogP contribution in [0.1, 0.15) is 5.56 Å². The second-order valence-corrected chi connectivity index (χ2v) is 7.65. The predicted octanol–water partition coefficient (Wildman–Crippen LogP) is 3.10. The largest absolute Gasteiger partial charge is 0.417 e. The molecule has 1 N–H and O–H groups in total. The highest BCUT2D eigenvalue weighted by Crippen LogP contribution is 2.29. The molecule has 12 heteroatoms. The lowest BCUT2D eigenvalue weighted by atomic mass is 10.2. The van der Waals surface area contributed by atoms with Crippen LogP contribution in [0.2, 0.25) is 5.02 Å². The van der Waals surface area contributed by atoms with E-state index in [-0.39, 0.29) is 12.5 Å². The zero-order valence-electron chi connectivity index (χ0n) is 16.8. The number of carbonyl (C=O) groups excluding carboxylic acids is 1. The summed E-state index contributed by atoms with van der Waals surface area (Å²) in [6.07, 6.45) is -0.653. The van der Waals surface area contributed by atoms with E-state index in [0.717, 1.165) is 12.3 Å². The summed E-state index contributed by atoms with van der Waals surface area (Å²) in [5.74, 6) is 0.272. The van der Waals surface area contributed by atoms with E-state index in [4.69, 9.17) is 11.6 Å². The quantitative estimate of drug-likeness (QED) is 0.624. The van der Waals surface area contributed by atoms with Crippen molar-refractivity contribution >= 4 is 29.0 Å².